The molecule has 0 saturated carbocycles. The van der Waals surface area contributed by atoms with Gasteiger partial charge in [0.25, 0.3) is 0 Å². The summed E-state index contributed by atoms with van der Waals surface area (Å²) in [6, 6.07) is 5.01. The molecule has 0 atom stereocenters. The predicted octanol–water partition coefficient (Wildman–Crippen LogP) is -6.70. The van der Waals surface area contributed by atoms with E-state index in [0.29, 0.717) is 18.5 Å². The molecule has 0 unspecified atom stereocenters. The Morgan fingerprint density at radius 3 is 1.64 bits per heavy atom. The maximum atomic E-state index is 5.79. The molecular weight excluding hydrogens is 164 g/mol. The molecule has 0 bridgehead atoms. The molecule has 0 rings (SSSR count). The van der Waals surface area contributed by atoms with E-state index in [0.717, 1.165) is 7.06 Å². The van der Waals surface area contributed by atoms with Crippen LogP contribution in [-0.2, 0) is 0 Å². The Kier molecular flexibility index (Phi) is 7.19. The zero-order valence-corrected chi connectivity index (χ0v) is 11.4. The van der Waals surface area contributed by atoms with Gasteiger partial charge in [0.2, 0.25) is 0 Å². The predicted molar refractivity (Wildman–Crippen MR) is 97.9 cm³/mol. The van der Waals surface area contributed by atoms with E-state index >= 15 is 0 Å². The van der Waals surface area contributed by atoms with E-state index in [1.807, 2.05) is 0 Å². The molecule has 0 amide bonds. The number of rotatable bonds is 4. The summed E-state index contributed by atoms with van der Waals surface area (Å²) in [7, 11) is 17.1. The van der Waals surface area contributed by atoms with Gasteiger partial charge in [0.15, 0.2) is 0 Å². The molecule has 0 saturated heterocycles. The topological polar surface area (TPSA) is 0 Å². The minimum absolute atomic E-state index is 0.604. The van der Waals surface area contributed by atoms with Gasteiger partial charge in [-0.25, -0.2) is 0 Å². The summed E-state index contributed by atoms with van der Waals surface area (Å²) in [5.74, 6) is 0.604. The van der Waals surface area contributed by atoms with Crippen LogP contribution in [0.4, 0.5) is 0 Å². The van der Waals surface area contributed by atoms with E-state index in [4.69, 9.17) is 7.74 Å². The first-order chi connectivity index (χ1) is 6.31. The van der Waals surface area contributed by atoms with Crippen molar-refractivity contribution in [2.24, 2.45) is 0 Å². The average molecular weight is 178 g/mol. The van der Waals surface area contributed by atoms with Crippen molar-refractivity contribution in [1.29, 1.82) is 0 Å². The Hall–Kier alpha value is 1.13. The van der Waals surface area contributed by atoms with Crippen molar-refractivity contribution in [3.8, 4) is 0 Å². The first-order valence-electron chi connectivity index (χ1n) is 5.49. The molecular formula is CH14B12S-. The van der Waals surface area contributed by atoms with Crippen LogP contribution in [0.3, 0.4) is 0 Å². The summed E-state index contributed by atoms with van der Waals surface area (Å²) in [6.07, 6.45) is 3.68. The second-order valence-electron chi connectivity index (χ2n) is 4.92. The van der Waals surface area contributed by atoms with Gasteiger partial charge in [-0.15, -0.1) is 0 Å². The maximum absolute atomic E-state index is 5.79. The van der Waals surface area contributed by atoms with Gasteiger partial charge in [-0.2, -0.15) is 0 Å². The molecule has 0 aromatic rings. The monoisotopic (exact) mass is 178 g/mol. The van der Waals surface area contributed by atoms with Crippen LogP contribution in [0.2, 0.25) is 0 Å². The van der Waals surface area contributed by atoms with E-state index in [-0.39, 0.29) is 0 Å². The third-order valence-corrected chi connectivity index (χ3v) is 6.52. The first kappa shape index (κ1) is 15.1. The van der Waals surface area contributed by atoms with Gasteiger partial charge in [-0.05, 0) is 0 Å². The van der Waals surface area contributed by atoms with Crippen molar-refractivity contribution in [2.75, 3.05) is 6.26 Å². The zero-order chi connectivity index (χ0) is 11.4. The Balaban J connectivity index is 5.27. The summed E-state index contributed by atoms with van der Waals surface area (Å²) in [5, 5.41) is 0. The molecule has 0 aromatic heterocycles. The van der Waals surface area contributed by atoms with E-state index in [2.05, 4.69) is 57.0 Å². The van der Waals surface area contributed by atoms with Crippen molar-refractivity contribution >= 4 is 92.9 Å². The van der Waals surface area contributed by atoms with Crippen LogP contribution in [0.1, 0.15) is 0 Å². The van der Waals surface area contributed by atoms with Crippen LogP contribution in [0.25, 0.3) is 0 Å². The summed E-state index contributed by atoms with van der Waals surface area (Å²) in [4.78, 5) is 0. The molecule has 0 aromatic carbocycles. The van der Waals surface area contributed by atoms with E-state index in [1.165, 1.54) is 0 Å². The van der Waals surface area contributed by atoms with Crippen molar-refractivity contribution in [3.63, 3.8) is 0 Å². The van der Waals surface area contributed by atoms with Crippen molar-refractivity contribution in [3.05, 3.63) is 0 Å². The van der Waals surface area contributed by atoms with Crippen LogP contribution in [-0.4, -0.2) is 90.4 Å². The molecule has 14 heavy (non-hydrogen) atoms. The number of hydrogen-bond acceptors (Lipinski definition) is 0. The molecule has 13 heteroatoms. The second-order valence-corrected chi connectivity index (χ2v) is 8.50. The van der Waals surface area contributed by atoms with Crippen LogP contribution in [0.5, 0.6) is 0 Å². The average Bonchev–Trinajstić information content (AvgIpc) is 1.99. The van der Waals surface area contributed by atoms with Gasteiger partial charge in [0, 0.05) is 0 Å². The van der Waals surface area contributed by atoms with Crippen LogP contribution in [0.15, 0.2) is 0 Å². The molecule has 0 N–H and O–H groups in total. The zero-order valence-electron chi connectivity index (χ0n) is 10.6. The van der Waals surface area contributed by atoms with Crippen molar-refractivity contribution in [2.45, 2.75) is 0 Å². The Morgan fingerprint density at radius 1 is 1.07 bits per heavy atom. The van der Waals surface area contributed by atoms with Crippen LogP contribution >= 0.6 is 8.73 Å². The fraction of sp³-hybridized carbons (Fsp3) is 1.00. The second kappa shape index (κ2) is 6.66. The van der Waals surface area contributed by atoms with Crippen molar-refractivity contribution in [1.82, 2.24) is 0 Å². The van der Waals surface area contributed by atoms with E-state index in [1.54, 1.807) is 0 Å². The quantitative estimate of drug-likeness (QED) is 0.376. The fourth-order valence-electron chi connectivity index (χ4n) is 1.69. The Bertz CT molecular complexity index is 248. The number of hydrogen-bond donors (Lipinski definition) is 0. The molecule has 0 nitrogen and oxygen atoms in total. The molecule has 0 fully saturated rings. The van der Waals surface area contributed by atoms with Gasteiger partial charge in [-0.3, -0.25) is 0 Å². The summed E-state index contributed by atoms with van der Waals surface area (Å²) in [5.41, 5.74) is 0. The fourth-order valence-corrected chi connectivity index (χ4v) is 5.08. The molecule has 61 valence electrons. The normalized spacial score (nSPS) is 9.57. The third kappa shape index (κ3) is 5.28. The first-order valence-corrected chi connectivity index (χ1v) is 7.72. The van der Waals surface area contributed by atoms with Gasteiger partial charge >= 0.3 is 99.1 Å². The minimum atomic E-state index is -0.741. The van der Waals surface area contributed by atoms with E-state index in [9.17, 15) is 0 Å². The SMILES string of the molecule is [10B-][10BH][10B]([10BH2])S(C)(=[10B][10B]([10BH2])[10BH2])=[10B][10B]([10BH2])[10BH2]. The third-order valence-electron chi connectivity index (χ3n) is 2.33. The molecule has 0 aliphatic rings. The Morgan fingerprint density at radius 2 is 1.43 bits per heavy atom. The van der Waals surface area contributed by atoms with Gasteiger partial charge in [0.05, 0.1) is 0 Å². The molecule has 0 spiro atoms. The Labute approximate surface area is 99.0 Å². The summed E-state index contributed by atoms with van der Waals surface area (Å²) < 4.78 is 0. The van der Waals surface area contributed by atoms with E-state index < -0.39 is 8.73 Å². The summed E-state index contributed by atoms with van der Waals surface area (Å²) in [6.45, 7) is 0. The standard InChI is InChI=1S/CH14B12S/c1-14(9-11(3)4,10-12(5)6)13(7)8-2/h8H,3-7H2,1H3/q-1/i2-1,3-1,4-1,5-1,6-1,7-1,8-1,9-1,10-1,11-1,12-1,13-1. The van der Waals surface area contributed by atoms with Gasteiger partial charge < -0.3 is 0 Å². The van der Waals surface area contributed by atoms with Crippen LogP contribution in [0, 0.1) is 0 Å². The molecule has 0 heterocycles. The molecule has 0 aliphatic heterocycles. The summed E-state index contributed by atoms with van der Waals surface area (Å²) >= 11 is 0. The van der Waals surface area contributed by atoms with Crippen molar-refractivity contribution < 1.29 is 0 Å². The molecule has 3 radical (unpaired) electrons. The molecule has 0 aliphatic carbocycles. The van der Waals surface area contributed by atoms with Crippen LogP contribution < -0.4 is 0 Å². The van der Waals surface area contributed by atoms with Gasteiger partial charge in [0.1, 0.15) is 0 Å². The van der Waals surface area contributed by atoms with Gasteiger partial charge in [-0.1, -0.05) is 0 Å².